The minimum atomic E-state index is -0.263. The first-order valence-electron chi connectivity index (χ1n) is 8.68. The third-order valence-corrected chi connectivity index (χ3v) is 4.33. The minimum Gasteiger partial charge on any atom is -0.206 e. The smallest absolute Gasteiger partial charge is 0.131 e. The van der Waals surface area contributed by atoms with E-state index in [0.717, 1.165) is 23.1 Å². The molecule has 0 N–H and O–H groups in total. The van der Waals surface area contributed by atoms with Gasteiger partial charge in [-0.05, 0) is 47.2 Å². The molecule has 0 aliphatic heterocycles. The lowest BCUT2D eigenvalue weighted by Gasteiger charge is -2.05. The molecule has 3 aromatic rings. The Bertz CT molecular complexity index is 941. The van der Waals surface area contributed by atoms with Gasteiger partial charge in [-0.2, -0.15) is 10.2 Å². The van der Waals surface area contributed by atoms with Crippen LogP contribution in [0.25, 0.3) is 11.1 Å². The van der Waals surface area contributed by atoms with Gasteiger partial charge in [-0.25, -0.2) is 4.39 Å². The van der Waals surface area contributed by atoms with Crippen LogP contribution >= 0.6 is 0 Å². The van der Waals surface area contributed by atoms with E-state index in [2.05, 4.69) is 17.1 Å². The third kappa shape index (κ3) is 4.31. The van der Waals surface area contributed by atoms with Gasteiger partial charge in [0.25, 0.3) is 0 Å². The summed E-state index contributed by atoms with van der Waals surface area (Å²) in [6, 6.07) is 21.0. The van der Waals surface area contributed by atoms with Crippen LogP contribution in [0, 0.1) is 12.7 Å². The average molecular weight is 344 g/mol. The van der Waals surface area contributed by atoms with Crippen molar-refractivity contribution in [3.63, 3.8) is 0 Å². The molecular formula is C23H21FN2. The first-order valence-corrected chi connectivity index (χ1v) is 8.68. The van der Waals surface area contributed by atoms with E-state index in [0.29, 0.717) is 11.1 Å². The fourth-order valence-corrected chi connectivity index (χ4v) is 2.69. The van der Waals surface area contributed by atoms with E-state index < -0.39 is 0 Å². The summed E-state index contributed by atoms with van der Waals surface area (Å²) in [5.74, 6) is -0.263. The molecule has 0 saturated heterocycles. The second-order valence-electron chi connectivity index (χ2n) is 6.14. The van der Waals surface area contributed by atoms with Crippen molar-refractivity contribution in [1.29, 1.82) is 0 Å². The first-order chi connectivity index (χ1) is 12.7. The van der Waals surface area contributed by atoms with Gasteiger partial charge in [0.05, 0.1) is 12.4 Å². The van der Waals surface area contributed by atoms with Crippen LogP contribution in [0.5, 0.6) is 0 Å². The van der Waals surface area contributed by atoms with E-state index in [1.165, 1.54) is 11.6 Å². The summed E-state index contributed by atoms with van der Waals surface area (Å²) in [6.07, 6.45) is 4.23. The molecule has 130 valence electrons. The van der Waals surface area contributed by atoms with E-state index in [9.17, 15) is 4.39 Å². The zero-order valence-corrected chi connectivity index (χ0v) is 15.0. The third-order valence-electron chi connectivity index (χ3n) is 4.33. The van der Waals surface area contributed by atoms with Crippen LogP contribution in [0.1, 0.15) is 29.2 Å². The lowest BCUT2D eigenvalue weighted by Crippen LogP contribution is -1.89. The van der Waals surface area contributed by atoms with Crippen LogP contribution in [-0.2, 0) is 6.42 Å². The summed E-state index contributed by atoms with van der Waals surface area (Å²) in [6.45, 7) is 4.12. The quantitative estimate of drug-likeness (QED) is 0.412. The zero-order valence-electron chi connectivity index (χ0n) is 15.0. The Labute approximate surface area is 153 Å². The Hall–Kier alpha value is -3.07. The van der Waals surface area contributed by atoms with Gasteiger partial charge in [0.1, 0.15) is 5.82 Å². The Morgan fingerprint density at radius 1 is 0.885 bits per heavy atom. The molecule has 0 unspecified atom stereocenters. The van der Waals surface area contributed by atoms with Crippen LogP contribution in [-0.4, -0.2) is 12.4 Å². The maximum Gasteiger partial charge on any atom is 0.131 e. The van der Waals surface area contributed by atoms with Crippen LogP contribution in [0.4, 0.5) is 4.39 Å². The molecule has 0 aromatic heterocycles. The highest BCUT2D eigenvalue weighted by Crippen LogP contribution is 2.24. The summed E-state index contributed by atoms with van der Waals surface area (Å²) in [5.41, 5.74) is 5.54. The molecule has 0 heterocycles. The maximum atomic E-state index is 14.4. The van der Waals surface area contributed by atoms with Crippen molar-refractivity contribution < 1.29 is 4.39 Å². The molecule has 26 heavy (non-hydrogen) atoms. The van der Waals surface area contributed by atoms with Gasteiger partial charge < -0.3 is 0 Å². The van der Waals surface area contributed by atoms with Gasteiger partial charge in [0, 0.05) is 5.56 Å². The molecule has 0 atom stereocenters. The Balaban J connectivity index is 1.73. The molecule has 0 fully saturated rings. The van der Waals surface area contributed by atoms with E-state index in [-0.39, 0.29) is 5.82 Å². The van der Waals surface area contributed by atoms with E-state index in [1.54, 1.807) is 18.5 Å². The normalized spacial score (nSPS) is 11.5. The van der Waals surface area contributed by atoms with Crippen LogP contribution < -0.4 is 0 Å². The number of hydrogen-bond donors (Lipinski definition) is 0. The summed E-state index contributed by atoms with van der Waals surface area (Å²) in [5, 5.41) is 8.07. The number of benzene rings is 3. The summed E-state index contributed by atoms with van der Waals surface area (Å²) in [4.78, 5) is 0. The molecule has 0 amide bonds. The Morgan fingerprint density at radius 2 is 1.62 bits per heavy atom. The van der Waals surface area contributed by atoms with Crippen molar-refractivity contribution >= 4 is 12.4 Å². The van der Waals surface area contributed by atoms with Gasteiger partial charge in [-0.3, -0.25) is 0 Å². The summed E-state index contributed by atoms with van der Waals surface area (Å²) < 4.78 is 14.4. The largest absolute Gasteiger partial charge is 0.206 e. The van der Waals surface area contributed by atoms with Gasteiger partial charge in [0.2, 0.25) is 0 Å². The average Bonchev–Trinajstić information content (AvgIpc) is 2.67. The number of rotatable bonds is 5. The molecule has 0 bridgehead atoms. The Morgan fingerprint density at radius 3 is 2.31 bits per heavy atom. The van der Waals surface area contributed by atoms with Crippen molar-refractivity contribution in [2.24, 2.45) is 10.2 Å². The SMILES string of the molecule is CCc1ccc(-c2ccc(C=NN=Cc3ccccc3C)cc2F)cc1. The van der Waals surface area contributed by atoms with Crippen LogP contribution in [0.15, 0.2) is 76.9 Å². The highest BCUT2D eigenvalue weighted by molar-refractivity contribution is 5.84. The van der Waals surface area contributed by atoms with E-state index in [1.807, 2.05) is 61.5 Å². The second kappa shape index (κ2) is 8.34. The maximum absolute atomic E-state index is 14.4. The van der Waals surface area contributed by atoms with Crippen LogP contribution in [0.3, 0.4) is 0 Å². The fraction of sp³-hybridized carbons (Fsp3) is 0.130. The molecule has 3 heteroatoms. The van der Waals surface area contributed by atoms with Crippen molar-refractivity contribution in [1.82, 2.24) is 0 Å². The van der Waals surface area contributed by atoms with Crippen molar-refractivity contribution in [3.8, 4) is 11.1 Å². The molecule has 3 rings (SSSR count). The molecular weight excluding hydrogens is 323 g/mol. The number of hydrogen-bond acceptors (Lipinski definition) is 2. The molecule has 0 aliphatic rings. The highest BCUT2D eigenvalue weighted by atomic mass is 19.1. The molecule has 0 saturated carbocycles. The van der Waals surface area contributed by atoms with Gasteiger partial charge in [-0.1, -0.05) is 67.6 Å². The predicted molar refractivity (Wildman–Crippen MR) is 108 cm³/mol. The van der Waals surface area contributed by atoms with E-state index >= 15 is 0 Å². The minimum absolute atomic E-state index is 0.263. The fourth-order valence-electron chi connectivity index (χ4n) is 2.69. The summed E-state index contributed by atoms with van der Waals surface area (Å²) >= 11 is 0. The molecule has 0 radical (unpaired) electrons. The molecule has 0 spiro atoms. The van der Waals surface area contributed by atoms with Gasteiger partial charge >= 0.3 is 0 Å². The molecule has 3 aromatic carbocycles. The Kier molecular flexibility index (Phi) is 5.69. The number of halogens is 1. The van der Waals surface area contributed by atoms with Crippen molar-refractivity contribution in [2.45, 2.75) is 20.3 Å². The molecule has 2 nitrogen and oxygen atoms in total. The topological polar surface area (TPSA) is 24.7 Å². The van der Waals surface area contributed by atoms with E-state index in [4.69, 9.17) is 0 Å². The second-order valence-corrected chi connectivity index (χ2v) is 6.14. The standard InChI is InChI=1S/C23H21FN2/c1-3-18-8-11-20(12-9-18)22-13-10-19(14-23(22)24)15-25-26-16-21-7-5-4-6-17(21)2/h4-16H,3H2,1-2H3. The number of nitrogens with zero attached hydrogens (tertiary/aromatic N) is 2. The van der Waals surface area contributed by atoms with Crippen molar-refractivity contribution in [2.75, 3.05) is 0 Å². The van der Waals surface area contributed by atoms with Crippen LogP contribution in [0.2, 0.25) is 0 Å². The lowest BCUT2D eigenvalue weighted by molar-refractivity contribution is 0.631. The lowest BCUT2D eigenvalue weighted by atomic mass is 10.0. The van der Waals surface area contributed by atoms with Crippen molar-refractivity contribution in [3.05, 3.63) is 94.8 Å². The van der Waals surface area contributed by atoms with Gasteiger partial charge in [0.15, 0.2) is 0 Å². The van der Waals surface area contributed by atoms with Gasteiger partial charge in [-0.15, -0.1) is 0 Å². The molecule has 0 aliphatic carbocycles. The first kappa shape index (κ1) is 17.7. The highest BCUT2D eigenvalue weighted by Gasteiger charge is 2.05. The zero-order chi connectivity index (χ0) is 18.4. The monoisotopic (exact) mass is 344 g/mol. The predicted octanol–water partition coefficient (Wildman–Crippen LogP) is 5.82. The number of aryl methyl sites for hydroxylation is 2. The summed E-state index contributed by atoms with van der Waals surface area (Å²) in [7, 11) is 0.